The van der Waals surface area contributed by atoms with Gasteiger partial charge in [-0.05, 0) is 54.6 Å². The van der Waals surface area contributed by atoms with Gasteiger partial charge in [0.1, 0.15) is 17.2 Å². The van der Waals surface area contributed by atoms with E-state index in [4.69, 9.17) is 18.9 Å². The molecule has 0 aliphatic carbocycles. The van der Waals surface area contributed by atoms with Gasteiger partial charge in [-0.15, -0.1) is 0 Å². The Bertz CT molecular complexity index is 1110. The first-order valence-electron chi connectivity index (χ1n) is 8.92. The summed E-state index contributed by atoms with van der Waals surface area (Å²) in [6.07, 6.45) is 0. The average molecular weight is 423 g/mol. The summed E-state index contributed by atoms with van der Waals surface area (Å²) in [6.45, 7) is 0. The number of hydrogen-bond donors (Lipinski definition) is 0. The lowest BCUT2D eigenvalue weighted by molar-refractivity contribution is -0.385. The summed E-state index contributed by atoms with van der Waals surface area (Å²) in [4.78, 5) is 34.9. The highest BCUT2D eigenvalue weighted by Crippen LogP contribution is 2.31. The van der Waals surface area contributed by atoms with Crippen LogP contribution >= 0.6 is 0 Å². The number of nitro benzene ring substituents is 1. The van der Waals surface area contributed by atoms with Gasteiger partial charge in [-0.3, -0.25) is 10.1 Å². The molecule has 0 saturated heterocycles. The summed E-state index contributed by atoms with van der Waals surface area (Å²) in [5.74, 6) is -0.335. The number of nitrogens with zero attached hydrogens (tertiary/aromatic N) is 1. The van der Waals surface area contributed by atoms with E-state index in [-0.39, 0.29) is 28.5 Å². The highest BCUT2D eigenvalue weighted by molar-refractivity contribution is 5.92. The van der Waals surface area contributed by atoms with Crippen molar-refractivity contribution >= 4 is 17.6 Å². The molecule has 9 nitrogen and oxygen atoms in total. The van der Waals surface area contributed by atoms with Crippen LogP contribution < -0.4 is 18.9 Å². The first-order valence-corrected chi connectivity index (χ1v) is 8.92. The lowest BCUT2D eigenvalue weighted by atomic mass is 10.2. The number of benzene rings is 3. The van der Waals surface area contributed by atoms with Gasteiger partial charge in [0.15, 0.2) is 0 Å². The summed E-state index contributed by atoms with van der Waals surface area (Å²) in [7, 11) is 2.80. The van der Waals surface area contributed by atoms with Crippen LogP contribution in [0.1, 0.15) is 20.7 Å². The number of esters is 2. The Kier molecular flexibility index (Phi) is 6.46. The Hall–Kier alpha value is -4.40. The molecule has 158 valence electrons. The van der Waals surface area contributed by atoms with Crippen molar-refractivity contribution in [2.24, 2.45) is 0 Å². The lowest BCUT2D eigenvalue weighted by Gasteiger charge is -2.08. The molecule has 0 bridgehead atoms. The van der Waals surface area contributed by atoms with E-state index in [9.17, 15) is 19.7 Å². The Morgan fingerprint density at radius 2 is 1.19 bits per heavy atom. The third-order valence-corrected chi connectivity index (χ3v) is 4.18. The molecule has 0 amide bonds. The van der Waals surface area contributed by atoms with Crippen LogP contribution in [0.25, 0.3) is 0 Å². The molecular weight excluding hydrogens is 406 g/mol. The Labute approximate surface area is 176 Å². The fraction of sp³-hybridized carbons (Fsp3) is 0.0909. The molecule has 3 aromatic rings. The van der Waals surface area contributed by atoms with E-state index < -0.39 is 16.9 Å². The van der Waals surface area contributed by atoms with E-state index in [0.29, 0.717) is 11.3 Å². The van der Waals surface area contributed by atoms with E-state index in [0.717, 1.165) is 0 Å². The van der Waals surface area contributed by atoms with Crippen molar-refractivity contribution < 1.29 is 33.5 Å². The molecule has 9 heteroatoms. The molecule has 0 saturated carbocycles. The van der Waals surface area contributed by atoms with Crippen molar-refractivity contribution in [3.8, 4) is 23.0 Å². The topological polar surface area (TPSA) is 114 Å². The normalized spacial score (nSPS) is 10.1. The highest BCUT2D eigenvalue weighted by Gasteiger charge is 2.17. The van der Waals surface area contributed by atoms with Crippen LogP contribution in [0, 0.1) is 10.1 Å². The molecule has 0 aliphatic rings. The predicted octanol–water partition coefficient (Wildman–Crippen LogP) is 4.05. The van der Waals surface area contributed by atoms with Crippen LogP contribution in [0.4, 0.5) is 5.69 Å². The van der Waals surface area contributed by atoms with Gasteiger partial charge in [0.2, 0.25) is 5.75 Å². The van der Waals surface area contributed by atoms with Crippen molar-refractivity contribution in [2.45, 2.75) is 0 Å². The van der Waals surface area contributed by atoms with E-state index in [1.54, 1.807) is 24.3 Å². The van der Waals surface area contributed by atoms with Crippen molar-refractivity contribution in [1.82, 2.24) is 0 Å². The van der Waals surface area contributed by atoms with Gasteiger partial charge in [0, 0.05) is 12.1 Å². The standard InChI is InChI=1S/C22H17NO8/c1-28-16-7-3-14(4-8-16)21(24)30-17-9-5-15(6-10-17)22(25)31-18-11-12-19(23(26)27)20(13-18)29-2/h3-13H,1-2H3. The predicted molar refractivity (Wildman–Crippen MR) is 109 cm³/mol. The monoisotopic (exact) mass is 423 g/mol. The molecule has 3 aromatic carbocycles. The first-order chi connectivity index (χ1) is 14.9. The van der Waals surface area contributed by atoms with E-state index in [1.807, 2.05) is 0 Å². The summed E-state index contributed by atoms with van der Waals surface area (Å²) < 4.78 is 20.5. The highest BCUT2D eigenvalue weighted by atomic mass is 16.6. The van der Waals surface area contributed by atoms with Crippen LogP contribution in [0.5, 0.6) is 23.0 Å². The van der Waals surface area contributed by atoms with Crippen molar-refractivity contribution in [2.75, 3.05) is 14.2 Å². The minimum absolute atomic E-state index is 0.0314. The molecule has 31 heavy (non-hydrogen) atoms. The zero-order chi connectivity index (χ0) is 22.4. The van der Waals surface area contributed by atoms with Gasteiger partial charge in [-0.2, -0.15) is 0 Å². The van der Waals surface area contributed by atoms with E-state index in [2.05, 4.69) is 0 Å². The second kappa shape index (κ2) is 9.40. The molecule has 0 fully saturated rings. The van der Waals surface area contributed by atoms with Gasteiger partial charge in [0.25, 0.3) is 0 Å². The van der Waals surface area contributed by atoms with Crippen molar-refractivity contribution in [3.63, 3.8) is 0 Å². The largest absolute Gasteiger partial charge is 0.497 e. The number of ether oxygens (including phenoxy) is 4. The summed E-state index contributed by atoms with van der Waals surface area (Å²) in [5.41, 5.74) is 0.295. The molecule has 0 N–H and O–H groups in total. The molecule has 3 rings (SSSR count). The molecule has 0 radical (unpaired) electrons. The first kappa shape index (κ1) is 21.3. The Morgan fingerprint density at radius 3 is 1.68 bits per heavy atom. The minimum Gasteiger partial charge on any atom is -0.497 e. The van der Waals surface area contributed by atoms with Gasteiger partial charge in [-0.1, -0.05) is 0 Å². The minimum atomic E-state index is -0.691. The third-order valence-electron chi connectivity index (χ3n) is 4.18. The quantitative estimate of drug-likeness (QED) is 0.242. The van der Waals surface area contributed by atoms with Crippen LogP contribution in [0.2, 0.25) is 0 Å². The third kappa shape index (κ3) is 5.15. The molecule has 0 unspecified atom stereocenters. The number of methoxy groups -OCH3 is 2. The van der Waals surface area contributed by atoms with Gasteiger partial charge < -0.3 is 18.9 Å². The smallest absolute Gasteiger partial charge is 0.343 e. The summed E-state index contributed by atoms with van der Waals surface area (Å²) in [6, 6.07) is 15.9. The molecule has 0 atom stereocenters. The molecular formula is C22H17NO8. The average Bonchev–Trinajstić information content (AvgIpc) is 2.79. The zero-order valence-corrected chi connectivity index (χ0v) is 16.6. The maximum atomic E-state index is 12.3. The van der Waals surface area contributed by atoms with Gasteiger partial charge >= 0.3 is 17.6 Å². The van der Waals surface area contributed by atoms with Crippen molar-refractivity contribution in [3.05, 3.63) is 88.0 Å². The summed E-state index contributed by atoms with van der Waals surface area (Å²) >= 11 is 0. The zero-order valence-electron chi connectivity index (χ0n) is 16.6. The van der Waals surface area contributed by atoms with Gasteiger partial charge in [0.05, 0.1) is 30.3 Å². The fourth-order valence-electron chi connectivity index (χ4n) is 2.59. The van der Waals surface area contributed by atoms with Crippen LogP contribution in [-0.4, -0.2) is 31.1 Å². The Balaban J connectivity index is 1.66. The molecule has 0 spiro atoms. The molecule has 0 aromatic heterocycles. The lowest BCUT2D eigenvalue weighted by Crippen LogP contribution is -2.10. The van der Waals surface area contributed by atoms with Crippen LogP contribution in [-0.2, 0) is 0 Å². The second-order valence-corrected chi connectivity index (χ2v) is 6.12. The number of hydrogen-bond acceptors (Lipinski definition) is 8. The second-order valence-electron chi connectivity index (χ2n) is 6.12. The fourth-order valence-corrected chi connectivity index (χ4v) is 2.59. The SMILES string of the molecule is COc1ccc(C(=O)Oc2ccc(C(=O)Oc3ccc([N+](=O)[O-])c(OC)c3)cc2)cc1. The number of rotatable bonds is 7. The van der Waals surface area contributed by atoms with Crippen molar-refractivity contribution in [1.29, 1.82) is 0 Å². The van der Waals surface area contributed by atoms with E-state index in [1.165, 1.54) is 56.7 Å². The van der Waals surface area contributed by atoms with Crippen LogP contribution in [0.15, 0.2) is 66.7 Å². The molecule has 0 aliphatic heterocycles. The summed E-state index contributed by atoms with van der Waals surface area (Å²) in [5, 5.41) is 10.9. The molecule has 0 heterocycles. The van der Waals surface area contributed by atoms with Crippen LogP contribution in [0.3, 0.4) is 0 Å². The maximum Gasteiger partial charge on any atom is 0.343 e. The van der Waals surface area contributed by atoms with E-state index >= 15 is 0 Å². The number of carbonyl (C=O) groups excluding carboxylic acids is 2. The number of carbonyl (C=O) groups is 2. The maximum absolute atomic E-state index is 12.3. The number of nitro groups is 1. The van der Waals surface area contributed by atoms with Gasteiger partial charge in [-0.25, -0.2) is 9.59 Å². The Morgan fingerprint density at radius 1 is 0.710 bits per heavy atom.